The Morgan fingerprint density at radius 3 is 2.50 bits per heavy atom. The van der Waals surface area contributed by atoms with Gasteiger partial charge in [-0.25, -0.2) is 9.37 Å². The Balaban J connectivity index is 1.83. The van der Waals surface area contributed by atoms with Crippen LogP contribution in [0.15, 0.2) is 48.7 Å². The highest BCUT2D eigenvalue weighted by molar-refractivity contribution is 6.36. The lowest BCUT2D eigenvalue weighted by atomic mass is 10.2. The highest BCUT2D eigenvalue weighted by atomic mass is 35.5. The highest BCUT2D eigenvalue weighted by Gasteiger charge is 2.06. The highest BCUT2D eigenvalue weighted by Crippen LogP contribution is 2.29. The number of aromatic amines is 1. The second-order valence-electron chi connectivity index (χ2n) is 4.69. The maximum Gasteiger partial charge on any atom is 0.130 e. The largest absolute Gasteiger partial charge is 0.338 e. The number of rotatable bonds is 3. The Labute approximate surface area is 137 Å². The SMILES string of the molecule is Fc1ccc(C=Cc2ncc(-c3ccc(Cl)cc3Cl)[nH]2)cc1. The molecule has 0 fully saturated rings. The molecule has 0 amide bonds. The van der Waals surface area contributed by atoms with Crippen LogP contribution >= 0.6 is 23.2 Å². The lowest BCUT2D eigenvalue weighted by molar-refractivity contribution is 0.628. The van der Waals surface area contributed by atoms with Crippen LogP contribution in [-0.2, 0) is 0 Å². The van der Waals surface area contributed by atoms with Crippen LogP contribution in [0, 0.1) is 5.82 Å². The van der Waals surface area contributed by atoms with Gasteiger partial charge in [-0.05, 0) is 42.0 Å². The second kappa shape index (κ2) is 6.34. The average Bonchev–Trinajstić information content (AvgIpc) is 2.95. The Bertz CT molecular complexity index is 823. The van der Waals surface area contributed by atoms with E-state index in [1.807, 2.05) is 18.2 Å². The van der Waals surface area contributed by atoms with Crippen molar-refractivity contribution in [1.82, 2.24) is 9.97 Å². The molecule has 3 aromatic rings. The van der Waals surface area contributed by atoms with Gasteiger partial charge in [-0.2, -0.15) is 0 Å². The molecule has 0 aliphatic heterocycles. The van der Waals surface area contributed by atoms with Gasteiger partial charge in [0.2, 0.25) is 0 Å². The molecule has 110 valence electrons. The zero-order chi connectivity index (χ0) is 15.5. The molecule has 0 atom stereocenters. The van der Waals surface area contributed by atoms with Crippen molar-refractivity contribution < 1.29 is 4.39 Å². The molecule has 3 rings (SSSR count). The molecule has 2 aromatic carbocycles. The molecule has 0 unspecified atom stereocenters. The van der Waals surface area contributed by atoms with Crippen molar-refractivity contribution >= 4 is 35.4 Å². The molecule has 0 radical (unpaired) electrons. The molecule has 0 aliphatic rings. The second-order valence-corrected chi connectivity index (χ2v) is 5.53. The summed E-state index contributed by atoms with van der Waals surface area (Å²) in [6.45, 7) is 0. The lowest BCUT2D eigenvalue weighted by Gasteiger charge is -2.01. The van der Waals surface area contributed by atoms with E-state index in [1.165, 1.54) is 12.1 Å². The zero-order valence-electron chi connectivity index (χ0n) is 11.4. The molecule has 22 heavy (non-hydrogen) atoms. The van der Waals surface area contributed by atoms with Gasteiger partial charge < -0.3 is 4.98 Å². The van der Waals surface area contributed by atoms with Gasteiger partial charge in [0, 0.05) is 10.6 Å². The van der Waals surface area contributed by atoms with Crippen LogP contribution in [0.2, 0.25) is 10.0 Å². The zero-order valence-corrected chi connectivity index (χ0v) is 12.9. The summed E-state index contributed by atoms with van der Waals surface area (Å²) in [5.74, 6) is 0.431. The quantitative estimate of drug-likeness (QED) is 0.655. The molecule has 5 heteroatoms. The fourth-order valence-electron chi connectivity index (χ4n) is 2.02. The summed E-state index contributed by atoms with van der Waals surface area (Å²) in [6, 6.07) is 11.5. The minimum Gasteiger partial charge on any atom is -0.338 e. The van der Waals surface area contributed by atoms with Gasteiger partial charge >= 0.3 is 0 Å². The average molecular weight is 333 g/mol. The van der Waals surface area contributed by atoms with Crippen LogP contribution in [0.1, 0.15) is 11.4 Å². The summed E-state index contributed by atoms with van der Waals surface area (Å²) in [5.41, 5.74) is 2.53. The predicted octanol–water partition coefficient (Wildman–Crippen LogP) is 5.69. The van der Waals surface area contributed by atoms with Crippen LogP contribution in [0.4, 0.5) is 4.39 Å². The van der Waals surface area contributed by atoms with Gasteiger partial charge in [-0.1, -0.05) is 41.4 Å². The van der Waals surface area contributed by atoms with Gasteiger partial charge in [-0.15, -0.1) is 0 Å². The molecular weight excluding hydrogens is 322 g/mol. The van der Waals surface area contributed by atoms with Crippen molar-refractivity contribution in [2.45, 2.75) is 0 Å². The van der Waals surface area contributed by atoms with E-state index in [0.29, 0.717) is 15.9 Å². The smallest absolute Gasteiger partial charge is 0.130 e. The van der Waals surface area contributed by atoms with Crippen LogP contribution in [-0.4, -0.2) is 9.97 Å². The molecular formula is C17H11Cl2FN2. The van der Waals surface area contributed by atoms with Crippen LogP contribution in [0.5, 0.6) is 0 Å². The Morgan fingerprint density at radius 1 is 1.00 bits per heavy atom. The van der Waals surface area contributed by atoms with Crippen molar-refractivity contribution in [2.24, 2.45) is 0 Å². The van der Waals surface area contributed by atoms with Gasteiger partial charge in [-0.3, -0.25) is 0 Å². The molecule has 1 N–H and O–H groups in total. The summed E-state index contributed by atoms with van der Waals surface area (Å²) in [6.07, 6.45) is 5.38. The molecule has 0 saturated heterocycles. The van der Waals surface area contributed by atoms with E-state index < -0.39 is 0 Å². The number of H-pyrrole nitrogens is 1. The topological polar surface area (TPSA) is 28.7 Å². The number of halogens is 3. The number of nitrogens with zero attached hydrogens (tertiary/aromatic N) is 1. The maximum atomic E-state index is 12.8. The van der Waals surface area contributed by atoms with Crippen LogP contribution in [0.3, 0.4) is 0 Å². The summed E-state index contributed by atoms with van der Waals surface area (Å²) in [4.78, 5) is 7.45. The summed E-state index contributed by atoms with van der Waals surface area (Å²) in [7, 11) is 0. The monoisotopic (exact) mass is 332 g/mol. The first kappa shape index (κ1) is 14.8. The van der Waals surface area contributed by atoms with Crippen molar-refractivity contribution in [1.29, 1.82) is 0 Å². The summed E-state index contributed by atoms with van der Waals surface area (Å²) >= 11 is 12.1. The molecule has 2 nitrogen and oxygen atoms in total. The normalized spacial score (nSPS) is 11.2. The Morgan fingerprint density at radius 2 is 1.77 bits per heavy atom. The van der Waals surface area contributed by atoms with Crippen molar-refractivity contribution in [3.63, 3.8) is 0 Å². The Hall–Kier alpha value is -2.10. The van der Waals surface area contributed by atoms with E-state index in [-0.39, 0.29) is 5.82 Å². The summed E-state index contributed by atoms with van der Waals surface area (Å²) < 4.78 is 12.8. The number of benzene rings is 2. The van der Waals surface area contributed by atoms with Gasteiger partial charge in [0.05, 0.1) is 16.9 Å². The van der Waals surface area contributed by atoms with E-state index in [9.17, 15) is 4.39 Å². The number of nitrogens with one attached hydrogen (secondary N) is 1. The van der Waals surface area contributed by atoms with E-state index in [2.05, 4.69) is 9.97 Å². The lowest BCUT2D eigenvalue weighted by Crippen LogP contribution is -1.80. The third-order valence-corrected chi connectivity index (χ3v) is 3.67. The minimum absolute atomic E-state index is 0.255. The number of hydrogen-bond acceptors (Lipinski definition) is 1. The third kappa shape index (κ3) is 3.38. The van der Waals surface area contributed by atoms with Gasteiger partial charge in [0.25, 0.3) is 0 Å². The van der Waals surface area contributed by atoms with E-state index in [1.54, 1.807) is 30.5 Å². The van der Waals surface area contributed by atoms with Crippen molar-refractivity contribution in [3.05, 3.63) is 75.9 Å². The molecule has 0 aliphatic carbocycles. The van der Waals surface area contributed by atoms with E-state index in [0.717, 1.165) is 16.8 Å². The minimum atomic E-state index is -0.255. The Kier molecular flexibility index (Phi) is 4.27. The number of hydrogen-bond donors (Lipinski definition) is 1. The van der Waals surface area contributed by atoms with E-state index >= 15 is 0 Å². The van der Waals surface area contributed by atoms with Crippen molar-refractivity contribution in [3.8, 4) is 11.3 Å². The van der Waals surface area contributed by atoms with Crippen LogP contribution < -0.4 is 0 Å². The standard InChI is InChI=1S/C17H11Cl2FN2/c18-12-4-7-14(15(19)9-12)16-10-21-17(22-16)8-3-11-1-5-13(20)6-2-11/h1-10H,(H,21,22). The van der Waals surface area contributed by atoms with E-state index in [4.69, 9.17) is 23.2 Å². The predicted molar refractivity (Wildman–Crippen MR) is 89.4 cm³/mol. The third-order valence-electron chi connectivity index (χ3n) is 3.12. The van der Waals surface area contributed by atoms with Crippen LogP contribution in [0.25, 0.3) is 23.4 Å². The first-order chi connectivity index (χ1) is 10.6. The van der Waals surface area contributed by atoms with Crippen molar-refractivity contribution in [2.75, 3.05) is 0 Å². The number of imidazole rings is 1. The first-order valence-electron chi connectivity index (χ1n) is 6.56. The summed E-state index contributed by atoms with van der Waals surface area (Å²) in [5, 5.41) is 1.15. The maximum absolute atomic E-state index is 12.8. The molecule has 1 heterocycles. The molecule has 0 spiro atoms. The van der Waals surface area contributed by atoms with Gasteiger partial charge in [0.1, 0.15) is 11.6 Å². The molecule has 1 aromatic heterocycles. The first-order valence-corrected chi connectivity index (χ1v) is 7.31. The molecule has 0 bridgehead atoms. The number of aromatic nitrogens is 2. The molecule has 0 saturated carbocycles. The van der Waals surface area contributed by atoms with Gasteiger partial charge in [0.15, 0.2) is 0 Å². The fourth-order valence-corrected chi connectivity index (χ4v) is 2.53. The fraction of sp³-hybridized carbons (Fsp3) is 0.